The number of hydrogen-bond acceptors (Lipinski definition) is 7. The van der Waals surface area contributed by atoms with Gasteiger partial charge in [0.2, 0.25) is 0 Å². The topological polar surface area (TPSA) is 92.1 Å². The summed E-state index contributed by atoms with van der Waals surface area (Å²) in [6.45, 7) is 4.55. The van der Waals surface area contributed by atoms with Crippen LogP contribution in [-0.2, 0) is 7.05 Å². The number of amides is 1. The molecule has 3 aromatic heterocycles. The Balaban J connectivity index is 1.20. The number of piperazine rings is 1. The number of nitrogens with zero attached hydrogens (tertiary/aromatic N) is 7. The minimum Gasteiger partial charge on any atom is -0.352 e. The second kappa shape index (κ2) is 9.30. The van der Waals surface area contributed by atoms with Crippen molar-refractivity contribution in [1.82, 2.24) is 29.9 Å². The van der Waals surface area contributed by atoms with Gasteiger partial charge in [0, 0.05) is 44.5 Å². The highest BCUT2D eigenvalue weighted by Crippen LogP contribution is 2.21. The van der Waals surface area contributed by atoms with E-state index in [1.165, 1.54) is 0 Å². The van der Waals surface area contributed by atoms with Gasteiger partial charge in [0.1, 0.15) is 11.5 Å². The number of rotatable bonds is 5. The van der Waals surface area contributed by atoms with Gasteiger partial charge in [-0.15, -0.1) is 10.2 Å². The summed E-state index contributed by atoms with van der Waals surface area (Å²) in [7, 11) is 1.81. The van der Waals surface area contributed by atoms with Crippen molar-refractivity contribution in [3.8, 4) is 11.3 Å². The third kappa shape index (κ3) is 4.59. The number of aryl methyl sites for hydroxylation is 2. The van der Waals surface area contributed by atoms with Gasteiger partial charge in [-0.05, 0) is 37.3 Å². The van der Waals surface area contributed by atoms with Crippen LogP contribution in [0.3, 0.4) is 0 Å². The van der Waals surface area contributed by atoms with Gasteiger partial charge in [0.25, 0.3) is 5.91 Å². The number of anilines is 3. The van der Waals surface area contributed by atoms with Crippen molar-refractivity contribution in [2.45, 2.75) is 6.92 Å². The third-order valence-corrected chi connectivity index (χ3v) is 5.85. The zero-order valence-corrected chi connectivity index (χ0v) is 19.2. The molecule has 9 heteroatoms. The third-order valence-electron chi connectivity index (χ3n) is 5.85. The molecule has 0 aliphatic carbocycles. The van der Waals surface area contributed by atoms with Crippen molar-refractivity contribution in [2.75, 3.05) is 36.4 Å². The fourth-order valence-electron chi connectivity index (χ4n) is 4.02. The molecule has 0 atom stereocenters. The van der Waals surface area contributed by atoms with E-state index in [4.69, 9.17) is 0 Å². The van der Waals surface area contributed by atoms with Crippen LogP contribution in [0.4, 0.5) is 17.5 Å². The van der Waals surface area contributed by atoms with E-state index in [0.717, 1.165) is 28.6 Å². The van der Waals surface area contributed by atoms with Crippen molar-refractivity contribution >= 4 is 23.4 Å². The van der Waals surface area contributed by atoms with E-state index in [-0.39, 0.29) is 5.91 Å². The second-order valence-corrected chi connectivity index (χ2v) is 8.25. The summed E-state index contributed by atoms with van der Waals surface area (Å²) in [5, 5.41) is 16.4. The summed E-state index contributed by atoms with van der Waals surface area (Å²) in [6, 6.07) is 21.4. The molecule has 172 valence electrons. The van der Waals surface area contributed by atoms with Gasteiger partial charge in [-0.3, -0.25) is 9.48 Å². The van der Waals surface area contributed by atoms with Crippen LogP contribution in [0.5, 0.6) is 0 Å². The Labute approximate surface area is 198 Å². The van der Waals surface area contributed by atoms with Crippen LogP contribution in [-0.4, -0.2) is 61.9 Å². The van der Waals surface area contributed by atoms with Gasteiger partial charge in [-0.1, -0.05) is 36.4 Å². The Hall–Kier alpha value is -4.27. The van der Waals surface area contributed by atoms with Gasteiger partial charge in [-0.25, -0.2) is 4.98 Å². The lowest BCUT2D eigenvalue weighted by Gasteiger charge is -2.35. The Morgan fingerprint density at radius 3 is 2.38 bits per heavy atom. The van der Waals surface area contributed by atoms with E-state index in [1.807, 2.05) is 85.6 Å². The average Bonchev–Trinajstić information content (AvgIpc) is 3.26. The minimum absolute atomic E-state index is 0.00637. The Bertz CT molecular complexity index is 1280. The average molecular weight is 455 g/mol. The Morgan fingerprint density at radius 2 is 1.68 bits per heavy atom. The maximum Gasteiger partial charge on any atom is 0.272 e. The largest absolute Gasteiger partial charge is 0.352 e. The second-order valence-electron chi connectivity index (χ2n) is 8.25. The lowest BCUT2D eigenvalue weighted by molar-refractivity contribution is 0.0735. The molecule has 1 N–H and O–H groups in total. The summed E-state index contributed by atoms with van der Waals surface area (Å²) in [5.41, 5.74) is 3.32. The lowest BCUT2D eigenvalue weighted by atomic mass is 10.1. The molecule has 4 heterocycles. The van der Waals surface area contributed by atoms with Crippen LogP contribution < -0.4 is 10.2 Å². The zero-order chi connectivity index (χ0) is 23.5. The highest BCUT2D eigenvalue weighted by molar-refractivity contribution is 5.94. The van der Waals surface area contributed by atoms with Crippen LogP contribution in [0.1, 0.15) is 16.2 Å². The van der Waals surface area contributed by atoms with E-state index in [1.54, 1.807) is 4.68 Å². The van der Waals surface area contributed by atoms with Crippen molar-refractivity contribution < 1.29 is 4.79 Å². The lowest BCUT2D eigenvalue weighted by Crippen LogP contribution is -2.49. The molecule has 1 aliphatic heterocycles. The van der Waals surface area contributed by atoms with Crippen LogP contribution in [0.15, 0.2) is 66.7 Å². The van der Waals surface area contributed by atoms with Crippen LogP contribution >= 0.6 is 0 Å². The quantitative estimate of drug-likeness (QED) is 0.495. The van der Waals surface area contributed by atoms with Crippen LogP contribution in [0.2, 0.25) is 0 Å². The molecule has 1 saturated heterocycles. The predicted molar refractivity (Wildman–Crippen MR) is 131 cm³/mol. The first-order chi connectivity index (χ1) is 16.6. The minimum atomic E-state index is -0.00637. The molecule has 1 amide bonds. The van der Waals surface area contributed by atoms with Crippen molar-refractivity contribution in [3.63, 3.8) is 0 Å². The number of benzene rings is 1. The summed E-state index contributed by atoms with van der Waals surface area (Å²) in [5.74, 6) is 2.16. The standard InChI is InChI=1S/C25H26N8O/c1-18-7-6-10-22(26-18)27-23-11-12-24(29-28-23)32-13-15-33(16-14-32)25(34)21-17-20(30-31(21)2)19-8-4-3-5-9-19/h3-12,17H,13-16H2,1-2H3,(H,26,27,28). The van der Waals surface area contributed by atoms with E-state index in [0.29, 0.717) is 37.7 Å². The van der Waals surface area contributed by atoms with Gasteiger partial charge >= 0.3 is 0 Å². The van der Waals surface area contributed by atoms with E-state index < -0.39 is 0 Å². The maximum absolute atomic E-state index is 13.2. The number of carbonyl (C=O) groups is 1. The number of pyridine rings is 1. The summed E-state index contributed by atoms with van der Waals surface area (Å²) in [4.78, 5) is 21.6. The highest BCUT2D eigenvalue weighted by Gasteiger charge is 2.25. The van der Waals surface area contributed by atoms with Crippen molar-refractivity contribution in [2.24, 2.45) is 7.05 Å². The molecule has 9 nitrogen and oxygen atoms in total. The van der Waals surface area contributed by atoms with E-state index in [2.05, 4.69) is 30.5 Å². The molecule has 1 fully saturated rings. The summed E-state index contributed by atoms with van der Waals surface area (Å²) < 4.78 is 1.66. The molecule has 5 rings (SSSR count). The molecule has 1 aliphatic rings. The summed E-state index contributed by atoms with van der Waals surface area (Å²) in [6.07, 6.45) is 0. The van der Waals surface area contributed by atoms with Gasteiger partial charge in [-0.2, -0.15) is 5.10 Å². The molecule has 1 aromatic carbocycles. The van der Waals surface area contributed by atoms with Crippen molar-refractivity contribution in [1.29, 1.82) is 0 Å². The van der Waals surface area contributed by atoms with E-state index >= 15 is 0 Å². The maximum atomic E-state index is 13.2. The molecule has 0 saturated carbocycles. The first kappa shape index (κ1) is 21.6. The summed E-state index contributed by atoms with van der Waals surface area (Å²) >= 11 is 0. The molecular formula is C25H26N8O. The highest BCUT2D eigenvalue weighted by atomic mass is 16.2. The molecule has 0 unspecified atom stereocenters. The molecule has 34 heavy (non-hydrogen) atoms. The van der Waals surface area contributed by atoms with Gasteiger partial charge in [0.15, 0.2) is 11.6 Å². The van der Waals surface area contributed by atoms with E-state index in [9.17, 15) is 4.79 Å². The first-order valence-electron chi connectivity index (χ1n) is 11.2. The first-order valence-corrected chi connectivity index (χ1v) is 11.2. The SMILES string of the molecule is Cc1cccc(Nc2ccc(N3CCN(C(=O)c4cc(-c5ccccc5)nn4C)CC3)nn2)n1. The van der Waals surface area contributed by atoms with Gasteiger partial charge in [0.05, 0.1) is 5.69 Å². The number of carbonyl (C=O) groups excluding carboxylic acids is 1. The number of nitrogens with one attached hydrogen (secondary N) is 1. The predicted octanol–water partition coefficient (Wildman–Crippen LogP) is 3.29. The molecule has 4 aromatic rings. The molecule has 0 spiro atoms. The van der Waals surface area contributed by atoms with Crippen LogP contribution in [0.25, 0.3) is 11.3 Å². The smallest absolute Gasteiger partial charge is 0.272 e. The Morgan fingerprint density at radius 1 is 0.882 bits per heavy atom. The normalized spacial score (nSPS) is 13.7. The van der Waals surface area contributed by atoms with Crippen LogP contribution in [0, 0.1) is 6.92 Å². The monoisotopic (exact) mass is 454 g/mol. The molecule has 0 radical (unpaired) electrons. The Kier molecular flexibility index (Phi) is 5.90. The zero-order valence-electron chi connectivity index (χ0n) is 19.2. The van der Waals surface area contributed by atoms with Crippen molar-refractivity contribution in [3.05, 3.63) is 78.1 Å². The number of aromatic nitrogens is 5. The fourth-order valence-corrected chi connectivity index (χ4v) is 4.02. The van der Waals surface area contributed by atoms with Gasteiger partial charge < -0.3 is 15.1 Å². The number of hydrogen-bond donors (Lipinski definition) is 1. The molecule has 0 bridgehead atoms. The molecular weight excluding hydrogens is 428 g/mol. The fraction of sp³-hybridized carbons (Fsp3) is 0.240.